The summed E-state index contributed by atoms with van der Waals surface area (Å²) >= 11 is 0. The van der Waals surface area contributed by atoms with Crippen LogP contribution in [0.15, 0.2) is 29.4 Å². The molecule has 2 heterocycles. The number of carbonyl (C=O) groups excluding carboxylic acids is 1. The van der Waals surface area contributed by atoms with E-state index in [0.29, 0.717) is 24.0 Å². The van der Waals surface area contributed by atoms with Crippen molar-refractivity contribution in [1.82, 2.24) is 4.90 Å². The largest absolute Gasteiger partial charge is 0.379 e. The van der Waals surface area contributed by atoms with Crippen molar-refractivity contribution in [3.8, 4) is 0 Å². The first-order chi connectivity index (χ1) is 10.9. The summed E-state index contributed by atoms with van der Waals surface area (Å²) < 4.78 is 13.0. The van der Waals surface area contributed by atoms with Crippen LogP contribution < -0.4 is 0 Å². The molecule has 2 aliphatic heterocycles. The summed E-state index contributed by atoms with van der Waals surface area (Å²) in [6.07, 6.45) is 1.56. The van der Waals surface area contributed by atoms with E-state index in [1.54, 1.807) is 19.1 Å². The summed E-state index contributed by atoms with van der Waals surface area (Å²) in [5, 5.41) is 4.09. The molecule has 2 aliphatic rings. The van der Waals surface area contributed by atoms with Crippen LogP contribution >= 0.6 is 0 Å². The van der Waals surface area contributed by atoms with Crippen LogP contribution in [0.3, 0.4) is 0 Å². The van der Waals surface area contributed by atoms with E-state index >= 15 is 0 Å². The lowest BCUT2D eigenvalue weighted by Crippen LogP contribution is -2.52. The van der Waals surface area contributed by atoms with Gasteiger partial charge in [0.25, 0.3) is 5.91 Å². The molecule has 1 amide bonds. The first-order valence-electron chi connectivity index (χ1n) is 8.18. The van der Waals surface area contributed by atoms with E-state index in [4.69, 9.17) is 4.84 Å². The topological polar surface area (TPSA) is 41.9 Å². The number of hydrogen-bond acceptors (Lipinski definition) is 3. The van der Waals surface area contributed by atoms with Gasteiger partial charge >= 0.3 is 0 Å². The van der Waals surface area contributed by atoms with E-state index in [1.807, 2.05) is 4.90 Å². The molecular weight excluding hydrogens is 295 g/mol. The Morgan fingerprint density at radius 1 is 1.26 bits per heavy atom. The van der Waals surface area contributed by atoms with Crippen LogP contribution in [-0.4, -0.2) is 35.2 Å². The third-order valence-electron chi connectivity index (χ3n) is 4.65. The highest BCUT2D eigenvalue weighted by atomic mass is 19.1. The fraction of sp³-hybridized carbons (Fsp3) is 0.556. The summed E-state index contributed by atoms with van der Waals surface area (Å²) in [6, 6.07) is 6.12. The van der Waals surface area contributed by atoms with Gasteiger partial charge in [0.15, 0.2) is 0 Å². The van der Waals surface area contributed by atoms with Gasteiger partial charge in [-0.05, 0) is 42.9 Å². The van der Waals surface area contributed by atoms with Gasteiger partial charge in [-0.2, -0.15) is 0 Å². The third-order valence-corrected chi connectivity index (χ3v) is 4.65. The van der Waals surface area contributed by atoms with Crippen LogP contribution in [0.5, 0.6) is 0 Å². The Balaban J connectivity index is 1.71. The Labute approximate surface area is 136 Å². The quantitative estimate of drug-likeness (QED) is 0.840. The maximum Gasteiger partial charge on any atom is 0.269 e. The van der Waals surface area contributed by atoms with Crippen molar-refractivity contribution in [2.75, 3.05) is 13.1 Å². The first kappa shape index (κ1) is 16.0. The molecule has 0 spiro atoms. The molecular formula is C18H23FN2O2. The lowest BCUT2D eigenvalue weighted by molar-refractivity contribution is -0.156. The molecule has 0 N–H and O–H groups in total. The zero-order valence-electron chi connectivity index (χ0n) is 13.9. The van der Waals surface area contributed by atoms with Crippen molar-refractivity contribution in [3.63, 3.8) is 0 Å². The lowest BCUT2D eigenvalue weighted by Gasteiger charge is -2.38. The normalized spacial score (nSPS) is 30.8. The molecule has 5 heteroatoms. The number of oxime groups is 1. The molecule has 1 fully saturated rings. The van der Waals surface area contributed by atoms with Crippen molar-refractivity contribution in [1.29, 1.82) is 0 Å². The molecule has 0 radical (unpaired) electrons. The summed E-state index contributed by atoms with van der Waals surface area (Å²) in [4.78, 5) is 20.3. The van der Waals surface area contributed by atoms with Crippen LogP contribution in [0, 0.1) is 17.7 Å². The maximum absolute atomic E-state index is 13.0. The third kappa shape index (κ3) is 3.23. The van der Waals surface area contributed by atoms with Gasteiger partial charge in [0.2, 0.25) is 5.60 Å². The van der Waals surface area contributed by atoms with E-state index < -0.39 is 5.60 Å². The molecule has 1 saturated heterocycles. The zero-order valence-corrected chi connectivity index (χ0v) is 13.9. The molecule has 23 heavy (non-hydrogen) atoms. The molecule has 0 bridgehead atoms. The molecule has 0 aliphatic carbocycles. The van der Waals surface area contributed by atoms with Gasteiger partial charge in [-0.15, -0.1) is 0 Å². The average Bonchev–Trinajstić information content (AvgIpc) is 2.90. The molecule has 3 atom stereocenters. The first-order valence-corrected chi connectivity index (χ1v) is 8.18. The second kappa shape index (κ2) is 5.95. The molecule has 0 aromatic heterocycles. The molecule has 124 valence electrons. The highest BCUT2D eigenvalue weighted by molar-refractivity contribution is 6.05. The second-order valence-corrected chi connectivity index (χ2v) is 7.20. The number of carbonyl (C=O) groups is 1. The number of likely N-dealkylation sites (tertiary alicyclic amines) is 1. The molecule has 4 nitrogen and oxygen atoms in total. The van der Waals surface area contributed by atoms with Crippen molar-refractivity contribution >= 4 is 11.6 Å². The molecule has 3 rings (SSSR count). The van der Waals surface area contributed by atoms with Gasteiger partial charge in [-0.25, -0.2) is 4.39 Å². The Morgan fingerprint density at radius 3 is 2.48 bits per heavy atom. The number of amides is 1. The minimum absolute atomic E-state index is 0.00300. The lowest BCUT2D eigenvalue weighted by atomic mass is 9.89. The van der Waals surface area contributed by atoms with Gasteiger partial charge in [0.05, 0.1) is 5.71 Å². The van der Waals surface area contributed by atoms with E-state index in [0.717, 1.165) is 25.1 Å². The Hall–Kier alpha value is -1.91. The predicted molar refractivity (Wildman–Crippen MR) is 86.6 cm³/mol. The van der Waals surface area contributed by atoms with Gasteiger partial charge in [-0.3, -0.25) is 4.79 Å². The summed E-state index contributed by atoms with van der Waals surface area (Å²) in [5.41, 5.74) is 0.530. The predicted octanol–water partition coefficient (Wildman–Crippen LogP) is 3.21. The molecule has 0 saturated carbocycles. The fourth-order valence-corrected chi connectivity index (χ4v) is 3.61. The maximum atomic E-state index is 13.0. The van der Waals surface area contributed by atoms with Gasteiger partial charge in [0, 0.05) is 19.5 Å². The minimum atomic E-state index is -0.958. The fourth-order valence-electron chi connectivity index (χ4n) is 3.61. The Kier molecular flexibility index (Phi) is 4.13. The van der Waals surface area contributed by atoms with E-state index in [2.05, 4.69) is 19.0 Å². The van der Waals surface area contributed by atoms with Crippen LogP contribution in [0.1, 0.15) is 39.2 Å². The van der Waals surface area contributed by atoms with Crippen molar-refractivity contribution in [3.05, 3.63) is 35.6 Å². The van der Waals surface area contributed by atoms with Gasteiger partial charge in [-0.1, -0.05) is 31.1 Å². The van der Waals surface area contributed by atoms with Crippen LogP contribution in [0.2, 0.25) is 0 Å². The minimum Gasteiger partial charge on any atom is -0.379 e. The van der Waals surface area contributed by atoms with E-state index in [1.165, 1.54) is 12.1 Å². The number of halogens is 1. The zero-order chi connectivity index (χ0) is 16.6. The van der Waals surface area contributed by atoms with Gasteiger partial charge in [0.1, 0.15) is 5.82 Å². The number of piperidine rings is 1. The average molecular weight is 318 g/mol. The SMILES string of the molecule is C[C@@H]1C[C@H](C)CN(C(=O)[C@]2(C)CC(c3ccc(F)cc3)=NO2)C1. The van der Waals surface area contributed by atoms with Crippen LogP contribution in [0.25, 0.3) is 0 Å². The highest BCUT2D eigenvalue weighted by Crippen LogP contribution is 2.31. The number of benzene rings is 1. The number of nitrogens with zero attached hydrogens (tertiary/aromatic N) is 2. The van der Waals surface area contributed by atoms with Crippen LogP contribution in [-0.2, 0) is 9.63 Å². The Bertz CT molecular complexity index is 618. The molecule has 1 aromatic rings. The molecule has 1 aromatic carbocycles. The van der Waals surface area contributed by atoms with Crippen molar-refractivity contribution in [2.24, 2.45) is 17.0 Å². The summed E-state index contributed by atoms with van der Waals surface area (Å²) in [5.74, 6) is 0.718. The Morgan fingerprint density at radius 2 is 1.87 bits per heavy atom. The smallest absolute Gasteiger partial charge is 0.269 e. The van der Waals surface area contributed by atoms with Gasteiger partial charge < -0.3 is 9.74 Å². The van der Waals surface area contributed by atoms with Crippen molar-refractivity contribution in [2.45, 2.75) is 39.2 Å². The summed E-state index contributed by atoms with van der Waals surface area (Å²) in [6.45, 7) is 7.68. The molecule has 0 unspecified atom stereocenters. The standard InChI is InChI=1S/C18H23FN2O2/c1-12-8-13(2)11-21(10-12)17(22)18(3)9-16(20-23-18)14-4-6-15(19)7-5-14/h4-7,12-13H,8-11H2,1-3H3/t12-,13+,18-/m0/s1. The summed E-state index contributed by atoms with van der Waals surface area (Å²) in [7, 11) is 0. The number of hydrogen-bond donors (Lipinski definition) is 0. The monoisotopic (exact) mass is 318 g/mol. The van der Waals surface area contributed by atoms with E-state index in [9.17, 15) is 9.18 Å². The van der Waals surface area contributed by atoms with Crippen LogP contribution in [0.4, 0.5) is 4.39 Å². The van der Waals surface area contributed by atoms with Crippen molar-refractivity contribution < 1.29 is 14.0 Å². The second-order valence-electron chi connectivity index (χ2n) is 7.20. The number of rotatable bonds is 2. The highest BCUT2D eigenvalue weighted by Gasteiger charge is 2.45. The van der Waals surface area contributed by atoms with E-state index in [-0.39, 0.29) is 11.7 Å².